The smallest absolute Gasteiger partial charge is 0.481 e. The summed E-state index contributed by atoms with van der Waals surface area (Å²) in [4.78, 5) is 207. The van der Waals surface area contributed by atoms with Crippen molar-refractivity contribution in [2.24, 2.45) is 45.9 Å². The number of primary amides is 1. The number of thioether (sulfide) groups is 1. The second kappa shape index (κ2) is 44.1. The van der Waals surface area contributed by atoms with Crippen molar-refractivity contribution in [3.63, 3.8) is 0 Å². The number of hydrogen-bond acceptors (Lipinski definition) is 19. The number of carbonyl (C=O) groups excluding carboxylic acids is 12. The van der Waals surface area contributed by atoms with Crippen LogP contribution in [-0.2, 0) is 99.4 Å². The van der Waals surface area contributed by atoms with Crippen LogP contribution in [-0.4, -0.2) is 199 Å². The standard InChI is InChI=1S/C66H103N17O16S.Zn/c1-9-35(6)52(69)66-81-48(32-100-66)63(97)76-43(26-34(4)5)59(93)74-42(22-23-50(85)86)58(92)83-53(36(7)10-2)64(98)75-40-20-15-16-25-71-55(89)46(29-49(68)84)78-62(96)47(30-51(87)88)79-61(95)45(28-39-31-70-33-72-39)77-60(94)44(27-38-18-13-12-14-19-38)80-65(99)54(37(8)11-3)82-57(91)41(21-17-24-67)73-56(40)90;/h12-14,18-19,31,33-37,40-48,52-54H,9-11,15-17,20-30,32,67,69H2,1-8H3,(H2,68,84)(H,70,72)(H,71,89)(H,73,90)(H,74,93)(H,75,98)(H,76,97)(H,77,94)(H,78,96)(H,79,95)(H,80,99)(H,82,91)(H,83,92)(H,85,86)(H,87,88);/q;+2/t35?,36-,37+,40-,41+,42+,43-,44+,45+,46-,47+,48?,52?,53-,54+;/m0./s1. The van der Waals surface area contributed by atoms with Gasteiger partial charge in [-0.05, 0) is 80.7 Å². The quantitative estimate of drug-likeness (QED) is 0.0375. The Morgan fingerprint density at radius 3 is 1.84 bits per heavy atom. The summed E-state index contributed by atoms with van der Waals surface area (Å²) in [7, 11) is 0. The van der Waals surface area contributed by atoms with Crippen molar-refractivity contribution in [1.82, 2.24) is 68.5 Å². The number of nitrogens with one attached hydrogen (secondary N) is 12. The van der Waals surface area contributed by atoms with Crippen LogP contribution < -0.4 is 75.7 Å². The van der Waals surface area contributed by atoms with E-state index in [2.05, 4.69) is 73.4 Å². The van der Waals surface area contributed by atoms with Crippen molar-refractivity contribution >= 4 is 99.6 Å². The van der Waals surface area contributed by atoms with Gasteiger partial charge >= 0.3 is 31.4 Å². The average molecular weight is 1490 g/mol. The molecule has 101 heavy (non-hydrogen) atoms. The minimum absolute atomic E-state index is 0. The summed E-state index contributed by atoms with van der Waals surface area (Å²) in [6.07, 6.45) is 0.368. The fraction of sp³-hybridized carbons (Fsp3) is 0.636. The largest absolute Gasteiger partial charge is 2.00 e. The van der Waals surface area contributed by atoms with Crippen molar-refractivity contribution in [3.8, 4) is 0 Å². The number of H-pyrrole nitrogens is 1. The molecule has 3 unspecified atom stereocenters. The molecule has 35 heteroatoms. The molecule has 1 aromatic heterocycles. The number of nitrogens with two attached hydrogens (primary N) is 3. The summed E-state index contributed by atoms with van der Waals surface area (Å²) in [5.41, 5.74) is 18.7. The predicted octanol–water partition coefficient (Wildman–Crippen LogP) is -1.68. The van der Waals surface area contributed by atoms with Crippen LogP contribution in [0.1, 0.15) is 150 Å². The summed E-state index contributed by atoms with van der Waals surface area (Å²) in [6, 6.07) is -8.34. The number of imidazole rings is 1. The topological polar surface area (TPSA) is 531 Å². The van der Waals surface area contributed by atoms with Crippen molar-refractivity contribution in [3.05, 3.63) is 54.1 Å². The molecule has 2 aliphatic heterocycles. The third kappa shape index (κ3) is 29.2. The first-order valence-corrected chi connectivity index (χ1v) is 35.1. The van der Waals surface area contributed by atoms with Crippen LogP contribution in [0.25, 0.3) is 0 Å². The number of rotatable bonds is 31. The summed E-state index contributed by atoms with van der Waals surface area (Å²) in [5, 5.41) is 49.1. The van der Waals surface area contributed by atoms with E-state index in [9.17, 15) is 77.3 Å². The number of hydrogen-bond donors (Lipinski definition) is 17. The monoisotopic (exact) mass is 1490 g/mol. The zero-order chi connectivity index (χ0) is 74.3. The molecule has 554 valence electrons. The van der Waals surface area contributed by atoms with E-state index in [4.69, 9.17) is 17.2 Å². The van der Waals surface area contributed by atoms with E-state index in [1.54, 1.807) is 58.0 Å². The molecule has 20 N–H and O–H groups in total. The van der Waals surface area contributed by atoms with Gasteiger partial charge < -0.3 is 90.9 Å². The Balaban J connectivity index is 0.0000265. The van der Waals surface area contributed by atoms with Gasteiger partial charge in [0.05, 0.1) is 30.3 Å². The first-order valence-electron chi connectivity index (χ1n) is 34.1. The van der Waals surface area contributed by atoms with E-state index < -0.39 is 193 Å². The fourth-order valence-corrected chi connectivity index (χ4v) is 12.0. The molecule has 0 aliphatic carbocycles. The maximum Gasteiger partial charge on any atom is 2.00 e. The van der Waals surface area contributed by atoms with Crippen LogP contribution >= 0.6 is 11.8 Å². The third-order valence-corrected chi connectivity index (χ3v) is 18.6. The molecule has 1 saturated heterocycles. The van der Waals surface area contributed by atoms with Gasteiger partial charge in [0.1, 0.15) is 66.5 Å². The van der Waals surface area contributed by atoms with Crippen molar-refractivity contribution < 1.29 is 96.8 Å². The number of nitrogens with zero attached hydrogens (tertiary/aromatic N) is 2. The SMILES string of the molecule is CCC(C)C(N)C1=NC(C(=O)N[C@@H](CC(C)C)C(=O)N[C@H](CCC(=O)O)C(=O)N[C@H](C(=O)N[C@H]2CCCCNC(=O)[C@H](CC(N)=O)NC(=O)[C@@H](CC(=O)O)NC(=O)[C@@H](Cc3cnc[nH]3)NC(=O)[C@@H](Cc3ccccc3)NC(=O)[C@@H]([C@H](C)CC)NC(=O)[C@@H](CCCN)NC2=O)[C@@H](C)CC)CS1.[Zn+2]. The average Bonchev–Trinajstić information content (AvgIpc) is 1.83. The number of carboxylic acid groups (broad SMARTS) is 2. The van der Waals surface area contributed by atoms with Gasteiger partial charge in [-0.3, -0.25) is 72.1 Å². The third-order valence-electron chi connectivity index (χ3n) is 17.5. The fourth-order valence-electron chi connectivity index (χ4n) is 10.9. The second-order valence-electron chi connectivity index (χ2n) is 26.0. The Morgan fingerprint density at radius 2 is 1.26 bits per heavy atom. The molecule has 2 aliphatic rings. The summed E-state index contributed by atoms with van der Waals surface area (Å²) in [6.45, 7) is 14.1. The molecule has 1 fully saturated rings. The molecule has 1 aromatic carbocycles. The van der Waals surface area contributed by atoms with Crippen LogP contribution in [0.15, 0.2) is 47.8 Å². The molecule has 4 rings (SSSR count). The van der Waals surface area contributed by atoms with Crippen LogP contribution in [0.3, 0.4) is 0 Å². The zero-order valence-electron chi connectivity index (χ0n) is 58.9. The van der Waals surface area contributed by atoms with E-state index in [0.29, 0.717) is 16.3 Å². The number of aromatic amines is 1. The molecule has 0 bridgehead atoms. The zero-order valence-corrected chi connectivity index (χ0v) is 62.6. The maximum atomic E-state index is 14.9. The van der Waals surface area contributed by atoms with Gasteiger partial charge in [0.15, 0.2) is 0 Å². The maximum absolute atomic E-state index is 14.9. The first kappa shape index (κ1) is 86.8. The minimum atomic E-state index is -1.94. The molecular formula is C66H103N17O16SZn+2. The van der Waals surface area contributed by atoms with Gasteiger partial charge in [0.2, 0.25) is 70.9 Å². The summed E-state index contributed by atoms with van der Waals surface area (Å²) in [5.74, 6) is -15.4. The predicted molar refractivity (Wildman–Crippen MR) is 369 cm³/mol. The number of amides is 12. The summed E-state index contributed by atoms with van der Waals surface area (Å²) >= 11 is 1.35. The molecule has 15 atom stereocenters. The van der Waals surface area contributed by atoms with Crippen molar-refractivity contribution in [1.29, 1.82) is 0 Å². The summed E-state index contributed by atoms with van der Waals surface area (Å²) < 4.78 is 0. The Bertz CT molecular complexity index is 3170. The van der Waals surface area contributed by atoms with Crippen molar-refractivity contribution in [2.45, 2.75) is 224 Å². The molecule has 0 saturated carbocycles. The van der Waals surface area contributed by atoms with E-state index in [-0.39, 0.29) is 114 Å². The molecule has 2 aromatic rings. The van der Waals surface area contributed by atoms with E-state index in [0.717, 1.165) is 6.42 Å². The number of benzene rings is 1. The van der Waals surface area contributed by atoms with Gasteiger partial charge in [0, 0.05) is 43.5 Å². The van der Waals surface area contributed by atoms with E-state index in [1.807, 2.05) is 27.7 Å². The first-order chi connectivity index (χ1) is 47.4. The Labute approximate surface area is 605 Å². The van der Waals surface area contributed by atoms with Gasteiger partial charge in [0.25, 0.3) is 0 Å². The second-order valence-corrected chi connectivity index (χ2v) is 27.0. The minimum Gasteiger partial charge on any atom is -0.481 e. The van der Waals surface area contributed by atoms with Crippen LogP contribution in [0, 0.1) is 23.7 Å². The van der Waals surface area contributed by atoms with Gasteiger partial charge in [-0.1, -0.05) is 105 Å². The van der Waals surface area contributed by atoms with E-state index in [1.165, 1.54) is 24.3 Å². The number of aromatic nitrogens is 2. The number of aliphatic imine (C=N–C) groups is 1. The number of carbonyl (C=O) groups is 14. The molecule has 3 heterocycles. The number of carboxylic acids is 2. The Kier molecular flexibility index (Phi) is 37.9. The van der Waals surface area contributed by atoms with Gasteiger partial charge in [-0.15, -0.1) is 11.8 Å². The normalized spacial score (nSPS) is 22.9. The van der Waals surface area contributed by atoms with Crippen LogP contribution in [0.5, 0.6) is 0 Å². The molecular weight excluding hydrogens is 1380 g/mol. The number of aliphatic carboxylic acids is 2. The van der Waals surface area contributed by atoms with E-state index >= 15 is 0 Å². The molecule has 0 spiro atoms. The van der Waals surface area contributed by atoms with Gasteiger partial charge in [-0.2, -0.15) is 0 Å². The Hall–Kier alpha value is -8.43. The van der Waals surface area contributed by atoms with Gasteiger partial charge in [-0.25, -0.2) is 4.98 Å². The Morgan fingerprint density at radius 1 is 0.663 bits per heavy atom. The molecule has 0 radical (unpaired) electrons. The molecule has 12 amide bonds. The van der Waals surface area contributed by atoms with Crippen LogP contribution in [0.4, 0.5) is 0 Å². The molecule has 33 nitrogen and oxygen atoms in total. The van der Waals surface area contributed by atoms with Crippen LogP contribution in [0.2, 0.25) is 0 Å². The van der Waals surface area contributed by atoms with Crippen molar-refractivity contribution in [2.75, 3.05) is 18.8 Å².